The van der Waals surface area contributed by atoms with Crippen molar-refractivity contribution in [3.63, 3.8) is 0 Å². The summed E-state index contributed by atoms with van der Waals surface area (Å²) in [5.74, 6) is 0.414. The topological polar surface area (TPSA) is 16.4 Å². The minimum Gasteiger partial charge on any atom is -0.454 e. The van der Waals surface area contributed by atoms with Crippen LogP contribution in [0.3, 0.4) is 0 Å². The van der Waals surface area contributed by atoms with Gasteiger partial charge in [0.05, 0.1) is 11.1 Å². The zero-order chi connectivity index (χ0) is 41.1. The lowest BCUT2D eigenvalue weighted by Crippen LogP contribution is -2.30. The summed E-state index contributed by atoms with van der Waals surface area (Å²) in [7, 11) is 0. The molecule has 2 aliphatic rings. The number of para-hydroxylation sites is 2. The van der Waals surface area contributed by atoms with Gasteiger partial charge in [-0.3, -0.25) is 0 Å². The van der Waals surface area contributed by atoms with E-state index in [9.17, 15) is 0 Å². The van der Waals surface area contributed by atoms with Gasteiger partial charge in [0.1, 0.15) is 5.58 Å². The van der Waals surface area contributed by atoms with Crippen molar-refractivity contribution in [2.75, 3.05) is 4.90 Å². The first-order valence-electron chi connectivity index (χ1n) is 21.8. The minimum atomic E-state index is -0.685. The summed E-state index contributed by atoms with van der Waals surface area (Å²) in [5, 5.41) is 7.34. The van der Waals surface area contributed by atoms with Gasteiger partial charge in [-0.25, -0.2) is 0 Å². The lowest BCUT2D eigenvalue weighted by Gasteiger charge is -2.37. The molecule has 0 fully saturated rings. The van der Waals surface area contributed by atoms with Crippen LogP contribution in [-0.4, -0.2) is 0 Å². The minimum absolute atomic E-state index is 0.414. The lowest BCUT2D eigenvalue weighted by molar-refractivity contribution is 0.669. The molecule has 0 saturated carbocycles. The number of furan rings is 1. The van der Waals surface area contributed by atoms with Gasteiger partial charge in [0.15, 0.2) is 5.58 Å². The molecule has 2 heteroatoms. The Bertz CT molecular complexity index is 3630. The van der Waals surface area contributed by atoms with E-state index in [0.29, 0.717) is 5.92 Å². The summed E-state index contributed by atoms with van der Waals surface area (Å²) in [6, 6.07) is 76.9. The highest BCUT2D eigenvalue weighted by atomic mass is 16.3. The smallest absolute Gasteiger partial charge is 0.159 e. The van der Waals surface area contributed by atoms with Gasteiger partial charge in [-0.2, -0.15) is 0 Å². The van der Waals surface area contributed by atoms with Crippen LogP contribution in [0.2, 0.25) is 0 Å². The molecule has 62 heavy (non-hydrogen) atoms. The summed E-state index contributed by atoms with van der Waals surface area (Å²) >= 11 is 0. The summed E-state index contributed by atoms with van der Waals surface area (Å²) in [4.78, 5) is 2.42. The Labute approximate surface area is 361 Å². The predicted molar refractivity (Wildman–Crippen MR) is 259 cm³/mol. The zero-order valence-corrected chi connectivity index (χ0v) is 34.6. The molecule has 13 rings (SSSR count). The van der Waals surface area contributed by atoms with E-state index in [-0.39, 0.29) is 0 Å². The molecular formula is C60H41NO. The molecule has 0 saturated heterocycles. The van der Waals surface area contributed by atoms with E-state index in [1.54, 1.807) is 0 Å². The summed E-state index contributed by atoms with van der Waals surface area (Å²) in [6.45, 7) is 4.52. The first kappa shape index (κ1) is 35.1. The maximum Gasteiger partial charge on any atom is 0.159 e. The highest BCUT2D eigenvalue weighted by Gasteiger charge is 2.51. The number of benzene rings is 10. The van der Waals surface area contributed by atoms with Crippen molar-refractivity contribution in [2.24, 2.45) is 0 Å². The second-order valence-corrected chi connectivity index (χ2v) is 17.3. The molecule has 2 aliphatic carbocycles. The van der Waals surface area contributed by atoms with E-state index in [4.69, 9.17) is 4.42 Å². The number of rotatable bonds is 4. The van der Waals surface area contributed by atoms with Crippen molar-refractivity contribution in [3.05, 3.63) is 234 Å². The maximum atomic E-state index is 6.83. The van der Waals surface area contributed by atoms with Crippen LogP contribution in [0.25, 0.3) is 76.9 Å². The first-order chi connectivity index (χ1) is 30.6. The Kier molecular flexibility index (Phi) is 7.45. The van der Waals surface area contributed by atoms with Gasteiger partial charge in [-0.05, 0) is 125 Å². The third-order valence-corrected chi connectivity index (χ3v) is 13.9. The molecule has 10 aromatic carbocycles. The number of hydrogen-bond acceptors (Lipinski definition) is 2. The van der Waals surface area contributed by atoms with Gasteiger partial charge in [0, 0.05) is 22.1 Å². The van der Waals surface area contributed by atoms with Crippen molar-refractivity contribution >= 4 is 60.5 Å². The third-order valence-electron chi connectivity index (χ3n) is 13.9. The maximum absolute atomic E-state index is 6.83. The lowest BCUT2D eigenvalue weighted by atomic mass is 9.64. The average Bonchev–Trinajstić information content (AvgIpc) is 3.84. The van der Waals surface area contributed by atoms with Gasteiger partial charge in [0.2, 0.25) is 0 Å². The van der Waals surface area contributed by atoms with E-state index in [1.807, 2.05) is 0 Å². The van der Waals surface area contributed by atoms with Gasteiger partial charge in [-0.15, -0.1) is 0 Å². The first-order valence-corrected chi connectivity index (χ1v) is 21.8. The average molecular weight is 792 g/mol. The van der Waals surface area contributed by atoms with Gasteiger partial charge in [-0.1, -0.05) is 184 Å². The zero-order valence-electron chi connectivity index (χ0n) is 34.6. The highest BCUT2D eigenvalue weighted by molar-refractivity contribution is 6.20. The standard InChI is InChI=1S/C60H41NO/c1-37(2)38-30-32-39(33-31-38)61(55-28-15-25-50-47-21-11-14-29-56(47)62-59(50)55)40-34-35-46-42-17-4-3-16-41(42)45-20-9-12-26-52(45)60(54(46)36-40)53-27-13-10-24-51(53)57-48-22-7-5-18-43(48)44-19-6-8-23-49(44)58(57)60/h3-37H,1-2H3. The molecule has 11 aromatic rings. The van der Waals surface area contributed by atoms with Crippen molar-refractivity contribution in [1.82, 2.24) is 0 Å². The number of hydrogen-bond donors (Lipinski definition) is 0. The monoisotopic (exact) mass is 791 g/mol. The van der Waals surface area contributed by atoms with Crippen molar-refractivity contribution < 1.29 is 4.42 Å². The Morgan fingerprint density at radius 2 is 0.935 bits per heavy atom. The van der Waals surface area contributed by atoms with Gasteiger partial charge >= 0.3 is 0 Å². The van der Waals surface area contributed by atoms with Gasteiger partial charge in [0.25, 0.3) is 0 Å². The molecule has 292 valence electrons. The molecule has 1 spiro atoms. The Morgan fingerprint density at radius 1 is 0.403 bits per heavy atom. The van der Waals surface area contributed by atoms with Crippen LogP contribution in [0.5, 0.6) is 0 Å². The van der Waals surface area contributed by atoms with Crippen LogP contribution >= 0.6 is 0 Å². The van der Waals surface area contributed by atoms with Crippen molar-refractivity contribution in [1.29, 1.82) is 0 Å². The summed E-state index contributed by atoms with van der Waals surface area (Å²) in [6.07, 6.45) is 0. The number of nitrogens with zero attached hydrogens (tertiary/aromatic N) is 1. The molecule has 1 atom stereocenters. The fourth-order valence-electron chi connectivity index (χ4n) is 11.2. The molecule has 1 unspecified atom stereocenters. The Hall–Kier alpha value is -7.68. The predicted octanol–water partition coefficient (Wildman–Crippen LogP) is 16.5. The fraction of sp³-hybridized carbons (Fsp3) is 0.0667. The molecule has 0 amide bonds. The molecule has 2 nitrogen and oxygen atoms in total. The van der Waals surface area contributed by atoms with Crippen LogP contribution in [0, 0.1) is 0 Å². The van der Waals surface area contributed by atoms with E-state index < -0.39 is 5.41 Å². The Balaban J connectivity index is 1.21. The molecule has 0 N–H and O–H groups in total. The summed E-state index contributed by atoms with van der Waals surface area (Å²) < 4.78 is 6.83. The molecule has 0 bridgehead atoms. The Morgan fingerprint density at radius 3 is 1.66 bits per heavy atom. The van der Waals surface area contributed by atoms with Crippen molar-refractivity contribution in [2.45, 2.75) is 25.2 Å². The van der Waals surface area contributed by atoms with E-state index >= 15 is 0 Å². The SMILES string of the molecule is CC(C)c1ccc(N(c2ccc3c(c2)C2(c4ccccc4-c4ccccc4-3)c3ccccc3-c3c2c2ccccc2c2ccccc32)c2cccc3c2oc2ccccc23)cc1. The highest BCUT2D eigenvalue weighted by Crippen LogP contribution is 2.64. The van der Waals surface area contributed by atoms with E-state index in [1.165, 1.54) is 82.7 Å². The van der Waals surface area contributed by atoms with E-state index in [0.717, 1.165) is 39.0 Å². The number of anilines is 3. The molecule has 1 heterocycles. The quantitative estimate of drug-likeness (QED) is 0.165. The van der Waals surface area contributed by atoms with Crippen LogP contribution in [0.1, 0.15) is 47.6 Å². The molecular weight excluding hydrogens is 751 g/mol. The van der Waals surface area contributed by atoms with Crippen LogP contribution < -0.4 is 4.90 Å². The third kappa shape index (κ3) is 4.69. The van der Waals surface area contributed by atoms with Crippen LogP contribution in [0.4, 0.5) is 17.1 Å². The normalized spacial score (nSPS) is 14.8. The van der Waals surface area contributed by atoms with Gasteiger partial charge < -0.3 is 9.32 Å². The molecule has 0 radical (unpaired) electrons. The van der Waals surface area contributed by atoms with E-state index in [2.05, 4.69) is 225 Å². The van der Waals surface area contributed by atoms with Crippen molar-refractivity contribution in [3.8, 4) is 33.4 Å². The summed E-state index contributed by atoms with van der Waals surface area (Å²) in [5.41, 5.74) is 18.3. The fourth-order valence-corrected chi connectivity index (χ4v) is 11.2. The molecule has 0 aliphatic heterocycles. The largest absolute Gasteiger partial charge is 0.454 e. The second kappa shape index (κ2) is 13.2. The molecule has 1 aromatic heterocycles. The van der Waals surface area contributed by atoms with Crippen LogP contribution in [-0.2, 0) is 5.41 Å². The van der Waals surface area contributed by atoms with Crippen LogP contribution in [0.15, 0.2) is 211 Å². The second-order valence-electron chi connectivity index (χ2n) is 17.3. The number of fused-ring (bicyclic) bond motifs is 20.